The van der Waals surface area contributed by atoms with Crippen molar-refractivity contribution in [1.29, 1.82) is 0 Å². The summed E-state index contributed by atoms with van der Waals surface area (Å²) in [5, 5.41) is 2.98. The number of nitrogens with zero attached hydrogens (tertiary/aromatic N) is 1. The zero-order chi connectivity index (χ0) is 26.3. The maximum Gasteiger partial charge on any atom is 0.247 e. The average molecular weight is 576 g/mol. The summed E-state index contributed by atoms with van der Waals surface area (Å²) in [6.07, 6.45) is 1.43. The van der Waals surface area contributed by atoms with Crippen molar-refractivity contribution in [3.63, 3.8) is 0 Å². The molecular formula is C27H31BrN2O5S. The van der Waals surface area contributed by atoms with Gasteiger partial charge in [-0.15, -0.1) is 0 Å². The normalized spacial score (nSPS) is 11.4. The van der Waals surface area contributed by atoms with E-state index in [0.717, 1.165) is 44.0 Å². The number of nitrogens with one attached hydrogen (secondary N) is 1. The summed E-state index contributed by atoms with van der Waals surface area (Å²) in [7, 11) is -1.28. The van der Waals surface area contributed by atoms with Gasteiger partial charge in [0.05, 0.1) is 20.8 Å². The van der Waals surface area contributed by atoms with E-state index in [4.69, 9.17) is 9.47 Å². The fourth-order valence-electron chi connectivity index (χ4n) is 3.92. The van der Waals surface area contributed by atoms with Crippen molar-refractivity contribution >= 4 is 37.5 Å². The highest BCUT2D eigenvalue weighted by atomic mass is 79.9. The van der Waals surface area contributed by atoms with E-state index in [0.29, 0.717) is 5.75 Å². The summed E-state index contributed by atoms with van der Waals surface area (Å²) >= 11 is 3.53. The molecule has 3 rings (SSSR count). The molecule has 3 aromatic rings. The SMILES string of the molecule is CCc1cc(Br)cc(CC)c1NC(=O)CN(Cc1ccccc1)S(=O)(=O)c1cc(OC)ccc1OC. The van der Waals surface area contributed by atoms with Gasteiger partial charge in [-0.3, -0.25) is 4.79 Å². The molecular weight excluding hydrogens is 544 g/mol. The third-order valence-electron chi connectivity index (χ3n) is 5.80. The number of sulfonamides is 1. The zero-order valence-corrected chi connectivity index (χ0v) is 23.3. The maximum absolute atomic E-state index is 13.9. The van der Waals surface area contributed by atoms with Gasteiger partial charge in [0.1, 0.15) is 16.4 Å². The van der Waals surface area contributed by atoms with E-state index in [9.17, 15) is 13.2 Å². The Morgan fingerprint density at radius 1 is 0.944 bits per heavy atom. The van der Waals surface area contributed by atoms with Gasteiger partial charge in [-0.05, 0) is 53.8 Å². The fourth-order valence-corrected chi connectivity index (χ4v) is 6.03. The number of rotatable bonds is 11. The van der Waals surface area contributed by atoms with E-state index in [-0.39, 0.29) is 23.7 Å². The van der Waals surface area contributed by atoms with Crippen LogP contribution >= 0.6 is 15.9 Å². The lowest BCUT2D eigenvalue weighted by Gasteiger charge is -2.24. The Balaban J connectivity index is 2.00. The molecule has 0 saturated heterocycles. The molecule has 0 bridgehead atoms. The van der Waals surface area contributed by atoms with E-state index < -0.39 is 15.9 Å². The van der Waals surface area contributed by atoms with Gasteiger partial charge in [0.2, 0.25) is 15.9 Å². The number of ether oxygens (including phenoxy) is 2. The van der Waals surface area contributed by atoms with Gasteiger partial charge in [0, 0.05) is 22.8 Å². The Hall–Kier alpha value is -2.88. The smallest absolute Gasteiger partial charge is 0.247 e. The molecule has 9 heteroatoms. The number of aryl methyl sites for hydroxylation is 2. The van der Waals surface area contributed by atoms with Crippen LogP contribution < -0.4 is 14.8 Å². The molecule has 192 valence electrons. The van der Waals surface area contributed by atoms with Gasteiger partial charge in [0.15, 0.2) is 0 Å². The largest absolute Gasteiger partial charge is 0.497 e. The van der Waals surface area contributed by atoms with Crippen molar-refractivity contribution in [2.24, 2.45) is 0 Å². The predicted octanol–water partition coefficient (Wildman–Crippen LogP) is 5.42. The molecule has 0 atom stereocenters. The van der Waals surface area contributed by atoms with E-state index in [1.807, 2.05) is 56.3 Å². The average Bonchev–Trinajstić information content (AvgIpc) is 2.89. The second-order valence-corrected chi connectivity index (χ2v) is 11.0. The number of halogens is 1. The van der Waals surface area contributed by atoms with E-state index in [2.05, 4.69) is 21.2 Å². The molecule has 1 N–H and O–H groups in total. The summed E-state index contributed by atoms with van der Waals surface area (Å²) < 4.78 is 40.4. The van der Waals surface area contributed by atoms with Gasteiger partial charge in [-0.1, -0.05) is 60.1 Å². The Labute approximate surface area is 221 Å². The minimum absolute atomic E-state index is 0.0125. The minimum Gasteiger partial charge on any atom is -0.497 e. The molecule has 0 spiro atoms. The number of amides is 1. The molecule has 0 fully saturated rings. The molecule has 0 aliphatic heterocycles. The molecule has 1 amide bonds. The van der Waals surface area contributed by atoms with Crippen LogP contribution in [0.1, 0.15) is 30.5 Å². The van der Waals surface area contributed by atoms with Gasteiger partial charge >= 0.3 is 0 Å². The maximum atomic E-state index is 13.9. The summed E-state index contributed by atoms with van der Waals surface area (Å²) in [6.45, 7) is 3.66. The number of carbonyl (C=O) groups is 1. The van der Waals surface area contributed by atoms with Gasteiger partial charge in [-0.25, -0.2) is 8.42 Å². The second-order valence-electron chi connectivity index (χ2n) is 8.13. The highest BCUT2D eigenvalue weighted by Gasteiger charge is 2.30. The number of hydrogen-bond donors (Lipinski definition) is 1. The predicted molar refractivity (Wildman–Crippen MR) is 145 cm³/mol. The van der Waals surface area contributed by atoms with Crippen LogP contribution in [0, 0.1) is 0 Å². The van der Waals surface area contributed by atoms with Crippen LogP contribution in [-0.2, 0) is 34.2 Å². The number of anilines is 1. The van der Waals surface area contributed by atoms with Crippen molar-refractivity contribution in [3.05, 3.63) is 81.8 Å². The first kappa shape index (κ1) is 27.7. The van der Waals surface area contributed by atoms with Crippen LogP contribution in [0.3, 0.4) is 0 Å². The van der Waals surface area contributed by atoms with Crippen molar-refractivity contribution in [3.8, 4) is 11.5 Å². The third-order valence-corrected chi connectivity index (χ3v) is 8.07. The van der Waals surface area contributed by atoms with Crippen molar-refractivity contribution in [2.45, 2.75) is 38.1 Å². The Bertz CT molecular complexity index is 1290. The van der Waals surface area contributed by atoms with Crippen LogP contribution in [0.15, 0.2) is 70.0 Å². The second kappa shape index (κ2) is 12.4. The van der Waals surface area contributed by atoms with Crippen LogP contribution in [0.2, 0.25) is 0 Å². The number of benzene rings is 3. The lowest BCUT2D eigenvalue weighted by Crippen LogP contribution is -2.38. The quantitative estimate of drug-likeness (QED) is 0.330. The fraction of sp³-hybridized carbons (Fsp3) is 0.296. The van der Waals surface area contributed by atoms with Gasteiger partial charge < -0.3 is 14.8 Å². The van der Waals surface area contributed by atoms with Gasteiger partial charge in [0.25, 0.3) is 0 Å². The van der Waals surface area contributed by atoms with Crippen molar-refractivity contribution in [1.82, 2.24) is 4.31 Å². The molecule has 0 aliphatic carbocycles. The van der Waals surface area contributed by atoms with E-state index in [1.165, 1.54) is 26.4 Å². The lowest BCUT2D eigenvalue weighted by molar-refractivity contribution is -0.116. The standard InChI is InChI=1S/C27H31BrN2O5S/c1-5-20-14-22(28)15-21(6-2)27(20)29-26(31)18-30(17-19-10-8-7-9-11-19)36(32,33)25-16-23(34-3)12-13-24(25)35-4/h7-16H,5-6,17-18H2,1-4H3,(H,29,31). The van der Waals surface area contributed by atoms with Crippen molar-refractivity contribution in [2.75, 3.05) is 26.1 Å². The summed E-state index contributed by atoms with van der Waals surface area (Å²) in [4.78, 5) is 13.2. The molecule has 0 radical (unpaired) electrons. The molecule has 0 saturated carbocycles. The molecule has 7 nitrogen and oxygen atoms in total. The van der Waals surface area contributed by atoms with E-state index >= 15 is 0 Å². The molecule has 0 aliphatic rings. The number of hydrogen-bond acceptors (Lipinski definition) is 5. The summed E-state index contributed by atoms with van der Waals surface area (Å²) in [6, 6.07) is 17.7. The van der Waals surface area contributed by atoms with Crippen molar-refractivity contribution < 1.29 is 22.7 Å². The highest BCUT2D eigenvalue weighted by molar-refractivity contribution is 9.10. The highest BCUT2D eigenvalue weighted by Crippen LogP contribution is 2.32. The van der Waals surface area contributed by atoms with Crippen LogP contribution in [0.5, 0.6) is 11.5 Å². The Kier molecular flexibility index (Phi) is 9.53. The summed E-state index contributed by atoms with van der Waals surface area (Å²) in [5.41, 5.74) is 3.43. The first-order valence-electron chi connectivity index (χ1n) is 11.6. The topological polar surface area (TPSA) is 84.9 Å². The third kappa shape index (κ3) is 6.46. The molecule has 0 unspecified atom stereocenters. The molecule has 0 heterocycles. The van der Waals surface area contributed by atoms with Crippen LogP contribution in [0.25, 0.3) is 0 Å². The zero-order valence-electron chi connectivity index (χ0n) is 20.9. The number of carbonyl (C=O) groups excluding carboxylic acids is 1. The first-order chi connectivity index (χ1) is 17.2. The minimum atomic E-state index is -4.14. The molecule has 3 aromatic carbocycles. The van der Waals surface area contributed by atoms with Crippen LogP contribution in [-0.4, -0.2) is 39.4 Å². The summed E-state index contributed by atoms with van der Waals surface area (Å²) in [5.74, 6) is 0.111. The first-order valence-corrected chi connectivity index (χ1v) is 13.8. The monoisotopic (exact) mass is 574 g/mol. The number of methoxy groups -OCH3 is 2. The lowest BCUT2D eigenvalue weighted by atomic mass is 10.0. The Morgan fingerprint density at radius 3 is 2.14 bits per heavy atom. The van der Waals surface area contributed by atoms with E-state index in [1.54, 1.807) is 6.07 Å². The Morgan fingerprint density at radius 2 is 1.58 bits per heavy atom. The molecule has 0 aromatic heterocycles. The van der Waals surface area contributed by atoms with Crippen LogP contribution in [0.4, 0.5) is 5.69 Å². The molecule has 36 heavy (non-hydrogen) atoms. The van der Waals surface area contributed by atoms with Gasteiger partial charge in [-0.2, -0.15) is 4.31 Å².